The van der Waals surface area contributed by atoms with E-state index in [4.69, 9.17) is 0 Å². The number of aryl methyl sites for hydroxylation is 1. The zero-order chi connectivity index (χ0) is 11.7. The van der Waals surface area contributed by atoms with Crippen molar-refractivity contribution in [2.24, 2.45) is 0 Å². The summed E-state index contributed by atoms with van der Waals surface area (Å²) in [6, 6.07) is 7.02. The van der Waals surface area contributed by atoms with Gasteiger partial charge in [-0.3, -0.25) is 10.1 Å². The Morgan fingerprint density at radius 3 is 2.81 bits per heavy atom. The molecule has 0 aliphatic carbocycles. The maximum absolute atomic E-state index is 10.9. The Morgan fingerprint density at radius 1 is 1.44 bits per heavy atom. The van der Waals surface area contributed by atoms with Crippen LogP contribution in [-0.2, 0) is 0 Å². The smallest absolute Gasteiger partial charge is 0.258 e. The SMILES string of the molecule is C=Cc1ccc2cc(C)cc([N+](=O)[O-])c2n1. The molecule has 0 spiro atoms. The third kappa shape index (κ3) is 1.65. The van der Waals surface area contributed by atoms with Gasteiger partial charge in [0.2, 0.25) is 0 Å². The molecule has 0 saturated carbocycles. The van der Waals surface area contributed by atoms with Gasteiger partial charge in [-0.05, 0) is 30.7 Å². The lowest BCUT2D eigenvalue weighted by Gasteiger charge is -2.02. The van der Waals surface area contributed by atoms with Gasteiger partial charge in [-0.15, -0.1) is 0 Å². The van der Waals surface area contributed by atoms with Gasteiger partial charge in [0.15, 0.2) is 0 Å². The highest BCUT2D eigenvalue weighted by Crippen LogP contribution is 2.25. The first-order valence-electron chi connectivity index (χ1n) is 4.80. The van der Waals surface area contributed by atoms with E-state index in [1.54, 1.807) is 12.1 Å². The summed E-state index contributed by atoms with van der Waals surface area (Å²) in [6.45, 7) is 5.42. The highest BCUT2D eigenvalue weighted by atomic mass is 16.6. The number of fused-ring (bicyclic) bond motifs is 1. The Labute approximate surface area is 92.4 Å². The largest absolute Gasteiger partial charge is 0.295 e. The Bertz CT molecular complexity index is 591. The molecule has 1 aromatic carbocycles. The molecule has 0 aliphatic rings. The third-order valence-corrected chi connectivity index (χ3v) is 2.34. The van der Waals surface area contributed by atoms with Crippen molar-refractivity contribution in [3.8, 4) is 0 Å². The molecule has 4 nitrogen and oxygen atoms in total. The molecular formula is C12H10N2O2. The highest BCUT2D eigenvalue weighted by molar-refractivity contribution is 5.88. The van der Waals surface area contributed by atoms with Crippen molar-refractivity contribution in [1.82, 2.24) is 4.98 Å². The molecule has 0 N–H and O–H groups in total. The number of benzene rings is 1. The number of rotatable bonds is 2. The Hall–Kier alpha value is -2.23. The van der Waals surface area contributed by atoms with Crippen molar-refractivity contribution in [2.45, 2.75) is 6.92 Å². The molecule has 2 aromatic rings. The normalized spacial score (nSPS) is 10.3. The molecule has 4 heteroatoms. The zero-order valence-electron chi connectivity index (χ0n) is 8.80. The molecule has 1 heterocycles. The third-order valence-electron chi connectivity index (χ3n) is 2.34. The summed E-state index contributed by atoms with van der Waals surface area (Å²) in [5.74, 6) is 0. The highest BCUT2D eigenvalue weighted by Gasteiger charge is 2.13. The molecule has 2 rings (SSSR count). The van der Waals surface area contributed by atoms with E-state index >= 15 is 0 Å². The standard InChI is InChI=1S/C12H10N2O2/c1-3-10-5-4-9-6-8(2)7-11(14(15)16)12(9)13-10/h3-7H,1H2,2H3. The van der Waals surface area contributed by atoms with Gasteiger partial charge in [-0.2, -0.15) is 0 Å². The molecular weight excluding hydrogens is 204 g/mol. The first-order valence-corrected chi connectivity index (χ1v) is 4.80. The number of non-ortho nitro benzene ring substituents is 1. The number of hydrogen-bond donors (Lipinski definition) is 0. The zero-order valence-corrected chi connectivity index (χ0v) is 8.80. The fraction of sp³-hybridized carbons (Fsp3) is 0.0833. The molecule has 0 bridgehead atoms. The van der Waals surface area contributed by atoms with Gasteiger partial charge in [-0.1, -0.05) is 12.6 Å². The topological polar surface area (TPSA) is 56.0 Å². The average molecular weight is 214 g/mol. The maximum Gasteiger partial charge on any atom is 0.295 e. The van der Waals surface area contributed by atoms with Crippen LogP contribution in [-0.4, -0.2) is 9.91 Å². The molecule has 0 saturated heterocycles. The van der Waals surface area contributed by atoms with Crippen molar-refractivity contribution in [1.29, 1.82) is 0 Å². The molecule has 1 aromatic heterocycles. The summed E-state index contributed by atoms with van der Waals surface area (Å²) < 4.78 is 0. The van der Waals surface area contributed by atoms with Gasteiger partial charge in [0.1, 0.15) is 5.52 Å². The lowest BCUT2D eigenvalue weighted by Crippen LogP contribution is -1.93. The van der Waals surface area contributed by atoms with Gasteiger partial charge in [0, 0.05) is 11.5 Å². The van der Waals surface area contributed by atoms with Crippen LogP contribution in [0.3, 0.4) is 0 Å². The van der Waals surface area contributed by atoms with Gasteiger partial charge in [-0.25, -0.2) is 4.98 Å². The van der Waals surface area contributed by atoms with Crippen LogP contribution in [0.25, 0.3) is 17.0 Å². The van der Waals surface area contributed by atoms with Gasteiger partial charge in [0.25, 0.3) is 5.69 Å². The van der Waals surface area contributed by atoms with E-state index in [1.165, 1.54) is 6.07 Å². The molecule has 0 aliphatic heterocycles. The van der Waals surface area contributed by atoms with E-state index in [0.717, 1.165) is 10.9 Å². The summed E-state index contributed by atoms with van der Waals surface area (Å²) in [5.41, 5.74) is 1.94. The van der Waals surface area contributed by atoms with Crippen LogP contribution in [0, 0.1) is 17.0 Å². The minimum Gasteiger partial charge on any atom is -0.258 e. The number of nitro benzene ring substituents is 1. The molecule has 0 radical (unpaired) electrons. The lowest BCUT2D eigenvalue weighted by atomic mass is 10.1. The molecule has 0 atom stereocenters. The fourth-order valence-electron chi connectivity index (χ4n) is 1.63. The van der Waals surface area contributed by atoms with E-state index in [2.05, 4.69) is 11.6 Å². The van der Waals surface area contributed by atoms with E-state index in [0.29, 0.717) is 11.2 Å². The summed E-state index contributed by atoms with van der Waals surface area (Å²) >= 11 is 0. The van der Waals surface area contributed by atoms with Crippen molar-refractivity contribution >= 4 is 22.7 Å². The summed E-state index contributed by atoms with van der Waals surface area (Å²) in [7, 11) is 0. The number of aromatic nitrogens is 1. The minimum atomic E-state index is -0.408. The minimum absolute atomic E-state index is 0.0405. The van der Waals surface area contributed by atoms with Crippen molar-refractivity contribution in [3.63, 3.8) is 0 Å². The first kappa shape index (κ1) is 10.3. The Morgan fingerprint density at radius 2 is 2.19 bits per heavy atom. The Kier molecular flexibility index (Phi) is 2.40. The fourth-order valence-corrected chi connectivity index (χ4v) is 1.63. The molecule has 80 valence electrons. The van der Waals surface area contributed by atoms with Crippen molar-refractivity contribution in [2.75, 3.05) is 0 Å². The van der Waals surface area contributed by atoms with Crippen LogP contribution in [0.1, 0.15) is 11.3 Å². The van der Waals surface area contributed by atoms with E-state index < -0.39 is 4.92 Å². The van der Waals surface area contributed by atoms with Gasteiger partial charge in [0.05, 0.1) is 10.6 Å². The second-order valence-electron chi connectivity index (χ2n) is 3.55. The van der Waals surface area contributed by atoms with E-state index in [1.807, 2.05) is 19.1 Å². The van der Waals surface area contributed by atoms with Crippen molar-refractivity contribution in [3.05, 3.63) is 52.2 Å². The van der Waals surface area contributed by atoms with E-state index in [-0.39, 0.29) is 5.69 Å². The van der Waals surface area contributed by atoms with Crippen LogP contribution in [0.2, 0.25) is 0 Å². The number of hydrogen-bond acceptors (Lipinski definition) is 3. The molecule has 0 unspecified atom stereocenters. The summed E-state index contributed by atoms with van der Waals surface area (Å²) in [6.07, 6.45) is 1.57. The first-order chi connectivity index (χ1) is 7.61. The van der Waals surface area contributed by atoms with Crippen LogP contribution >= 0.6 is 0 Å². The molecule has 16 heavy (non-hydrogen) atoms. The Balaban J connectivity index is 2.85. The van der Waals surface area contributed by atoms with Crippen molar-refractivity contribution < 1.29 is 4.92 Å². The predicted octanol–water partition coefficient (Wildman–Crippen LogP) is 3.09. The number of nitro groups is 1. The van der Waals surface area contributed by atoms with Crippen LogP contribution in [0.5, 0.6) is 0 Å². The predicted molar refractivity (Wildman–Crippen MR) is 63.2 cm³/mol. The molecule has 0 fully saturated rings. The second-order valence-corrected chi connectivity index (χ2v) is 3.55. The van der Waals surface area contributed by atoms with Gasteiger partial charge >= 0.3 is 0 Å². The quantitative estimate of drug-likeness (QED) is 0.570. The lowest BCUT2D eigenvalue weighted by molar-refractivity contribution is -0.383. The maximum atomic E-state index is 10.9. The number of pyridine rings is 1. The number of nitrogens with zero attached hydrogens (tertiary/aromatic N) is 2. The summed E-state index contributed by atoms with van der Waals surface area (Å²) in [5, 5.41) is 11.7. The van der Waals surface area contributed by atoms with Crippen LogP contribution < -0.4 is 0 Å². The van der Waals surface area contributed by atoms with E-state index in [9.17, 15) is 10.1 Å². The monoisotopic (exact) mass is 214 g/mol. The second kappa shape index (κ2) is 3.73. The average Bonchev–Trinajstić information content (AvgIpc) is 2.27. The molecule has 0 amide bonds. The van der Waals surface area contributed by atoms with Crippen LogP contribution in [0.15, 0.2) is 30.8 Å². The van der Waals surface area contributed by atoms with Gasteiger partial charge < -0.3 is 0 Å². The van der Waals surface area contributed by atoms with Crippen LogP contribution in [0.4, 0.5) is 5.69 Å². The summed E-state index contributed by atoms with van der Waals surface area (Å²) in [4.78, 5) is 14.7.